The van der Waals surface area contributed by atoms with Gasteiger partial charge in [-0.1, -0.05) is 23.9 Å². The second-order valence-electron chi connectivity index (χ2n) is 7.54. The molecule has 2 aromatic carbocycles. The van der Waals surface area contributed by atoms with E-state index in [1.54, 1.807) is 30.3 Å². The molecule has 2 heterocycles. The molecular formula is C24H23N3O5S. The molecule has 2 aliphatic rings. The number of nitrogens with zero attached hydrogens (tertiary/aromatic N) is 3. The normalized spacial score (nSPS) is 18.3. The number of rotatable bonds is 8. The van der Waals surface area contributed by atoms with Crippen LogP contribution in [0.3, 0.4) is 0 Å². The van der Waals surface area contributed by atoms with Crippen LogP contribution in [0.1, 0.15) is 26.2 Å². The summed E-state index contributed by atoms with van der Waals surface area (Å²) in [6.45, 7) is 2.08. The zero-order valence-electron chi connectivity index (χ0n) is 18.2. The zero-order valence-corrected chi connectivity index (χ0v) is 19.0. The maximum absolute atomic E-state index is 13.2. The Hall–Kier alpha value is -3.51. The van der Waals surface area contributed by atoms with Crippen molar-refractivity contribution in [2.75, 3.05) is 29.6 Å². The van der Waals surface area contributed by atoms with Crippen LogP contribution in [0.15, 0.2) is 53.4 Å². The Labute approximate surface area is 196 Å². The SMILES string of the molecule is CCOc1ccc(N(CCC#N)C(=O)COC(=O)C23CCC(=O)N2c2ccccc2S3)cc1. The number of hydrogen-bond acceptors (Lipinski definition) is 7. The minimum atomic E-state index is -1.18. The van der Waals surface area contributed by atoms with E-state index in [0.717, 1.165) is 4.90 Å². The molecule has 1 atom stereocenters. The van der Waals surface area contributed by atoms with Gasteiger partial charge in [-0.2, -0.15) is 5.26 Å². The molecule has 0 spiro atoms. The van der Waals surface area contributed by atoms with E-state index < -0.39 is 23.4 Å². The van der Waals surface area contributed by atoms with Gasteiger partial charge in [0, 0.05) is 30.0 Å². The van der Waals surface area contributed by atoms with Gasteiger partial charge in [-0.25, -0.2) is 4.79 Å². The standard InChI is InChI=1S/C24H23N3O5S/c1-2-31-18-10-8-17(9-11-18)26(15-5-14-25)22(29)16-32-23(30)24-13-12-21(28)27(24)19-6-3-4-7-20(19)33-24/h3-4,6-11H,2,5,12-13,15-16H2,1H3. The first-order valence-corrected chi connectivity index (χ1v) is 11.5. The van der Waals surface area contributed by atoms with Crippen LogP contribution in [-0.2, 0) is 19.1 Å². The maximum Gasteiger partial charge on any atom is 0.344 e. The first-order chi connectivity index (χ1) is 16.0. The monoisotopic (exact) mass is 465 g/mol. The molecule has 1 unspecified atom stereocenters. The lowest BCUT2D eigenvalue weighted by Gasteiger charge is -2.29. The molecule has 0 aliphatic carbocycles. The summed E-state index contributed by atoms with van der Waals surface area (Å²) >= 11 is 1.29. The van der Waals surface area contributed by atoms with Crippen LogP contribution in [-0.4, -0.2) is 42.4 Å². The largest absolute Gasteiger partial charge is 0.494 e. The van der Waals surface area contributed by atoms with E-state index in [4.69, 9.17) is 14.7 Å². The summed E-state index contributed by atoms with van der Waals surface area (Å²) in [5.41, 5.74) is 1.27. The van der Waals surface area contributed by atoms with Gasteiger partial charge in [-0.15, -0.1) is 0 Å². The third kappa shape index (κ3) is 4.26. The molecule has 2 aliphatic heterocycles. The van der Waals surface area contributed by atoms with Gasteiger partial charge in [0.1, 0.15) is 5.75 Å². The topological polar surface area (TPSA) is 99.9 Å². The molecule has 9 heteroatoms. The molecule has 33 heavy (non-hydrogen) atoms. The van der Waals surface area contributed by atoms with E-state index in [2.05, 4.69) is 0 Å². The lowest BCUT2D eigenvalue weighted by atomic mass is 10.2. The first-order valence-electron chi connectivity index (χ1n) is 10.7. The summed E-state index contributed by atoms with van der Waals surface area (Å²) in [7, 11) is 0. The van der Waals surface area contributed by atoms with Gasteiger partial charge < -0.3 is 14.4 Å². The Morgan fingerprint density at radius 3 is 2.70 bits per heavy atom. The summed E-state index contributed by atoms with van der Waals surface area (Å²) in [5, 5.41) is 9.00. The van der Waals surface area contributed by atoms with E-state index in [-0.39, 0.29) is 25.3 Å². The molecule has 0 bridgehead atoms. The molecule has 4 rings (SSSR count). The van der Waals surface area contributed by atoms with Gasteiger partial charge in [0.05, 0.1) is 24.8 Å². The molecule has 8 nitrogen and oxygen atoms in total. The number of esters is 1. The molecule has 1 fully saturated rings. The molecule has 0 N–H and O–H groups in total. The first kappa shape index (κ1) is 22.7. The summed E-state index contributed by atoms with van der Waals surface area (Å²) in [5.74, 6) is -0.533. The van der Waals surface area contributed by atoms with Crippen molar-refractivity contribution in [3.63, 3.8) is 0 Å². The summed E-state index contributed by atoms with van der Waals surface area (Å²) in [6, 6.07) is 16.3. The molecule has 170 valence electrons. The van der Waals surface area contributed by atoms with Crippen molar-refractivity contribution in [2.45, 2.75) is 36.0 Å². The van der Waals surface area contributed by atoms with E-state index in [9.17, 15) is 14.4 Å². The van der Waals surface area contributed by atoms with Crippen molar-refractivity contribution in [1.82, 2.24) is 0 Å². The number of amides is 2. The fraction of sp³-hybridized carbons (Fsp3) is 0.333. The van der Waals surface area contributed by atoms with Crippen LogP contribution in [0.5, 0.6) is 5.75 Å². The van der Waals surface area contributed by atoms with Crippen LogP contribution >= 0.6 is 11.8 Å². The second kappa shape index (κ2) is 9.55. The van der Waals surface area contributed by atoms with Gasteiger partial charge in [-0.3, -0.25) is 14.5 Å². The molecule has 0 radical (unpaired) electrons. The van der Waals surface area contributed by atoms with Crippen LogP contribution in [0.2, 0.25) is 0 Å². The molecule has 0 aromatic heterocycles. The number of carbonyl (C=O) groups excluding carboxylic acids is 3. The number of nitriles is 1. The quantitative estimate of drug-likeness (QED) is 0.550. The van der Waals surface area contributed by atoms with Crippen molar-refractivity contribution in [1.29, 1.82) is 5.26 Å². The fourth-order valence-corrected chi connectivity index (χ4v) is 5.45. The number of hydrogen-bond donors (Lipinski definition) is 0. The highest BCUT2D eigenvalue weighted by atomic mass is 32.2. The van der Waals surface area contributed by atoms with E-state index in [1.807, 2.05) is 31.2 Å². The van der Waals surface area contributed by atoms with E-state index >= 15 is 0 Å². The van der Waals surface area contributed by atoms with Gasteiger partial charge >= 0.3 is 5.97 Å². The number of anilines is 2. The second-order valence-corrected chi connectivity index (χ2v) is 8.86. The Bertz CT molecular complexity index is 1110. The van der Waals surface area contributed by atoms with Crippen LogP contribution in [0.25, 0.3) is 0 Å². The van der Waals surface area contributed by atoms with Gasteiger partial charge in [0.25, 0.3) is 5.91 Å². The average molecular weight is 466 g/mol. The van der Waals surface area contributed by atoms with Gasteiger partial charge in [0.2, 0.25) is 5.91 Å². The average Bonchev–Trinajstić information content (AvgIpc) is 3.34. The van der Waals surface area contributed by atoms with Crippen molar-refractivity contribution in [3.8, 4) is 11.8 Å². The van der Waals surface area contributed by atoms with Gasteiger partial charge in [-0.05, 0) is 43.3 Å². The smallest absolute Gasteiger partial charge is 0.344 e. The summed E-state index contributed by atoms with van der Waals surface area (Å²) < 4.78 is 10.9. The summed E-state index contributed by atoms with van der Waals surface area (Å²) in [4.78, 5) is 41.3. The van der Waals surface area contributed by atoms with Gasteiger partial charge in [0.15, 0.2) is 11.5 Å². The third-order valence-electron chi connectivity index (χ3n) is 5.53. The van der Waals surface area contributed by atoms with E-state index in [1.165, 1.54) is 21.6 Å². The van der Waals surface area contributed by atoms with Crippen molar-refractivity contribution < 1.29 is 23.9 Å². The minimum Gasteiger partial charge on any atom is -0.494 e. The lowest BCUT2D eigenvalue weighted by Crippen LogP contribution is -2.48. The van der Waals surface area contributed by atoms with Crippen LogP contribution < -0.4 is 14.5 Å². The van der Waals surface area contributed by atoms with Crippen molar-refractivity contribution in [2.24, 2.45) is 0 Å². The minimum absolute atomic E-state index is 0.129. The number of benzene rings is 2. The molecule has 0 saturated carbocycles. The fourth-order valence-electron chi connectivity index (χ4n) is 4.04. The molecule has 1 saturated heterocycles. The molecular weight excluding hydrogens is 442 g/mol. The van der Waals surface area contributed by atoms with Crippen LogP contribution in [0.4, 0.5) is 11.4 Å². The third-order valence-corrected chi connectivity index (χ3v) is 6.98. The Morgan fingerprint density at radius 2 is 1.97 bits per heavy atom. The van der Waals surface area contributed by atoms with Crippen molar-refractivity contribution >= 4 is 40.9 Å². The maximum atomic E-state index is 13.2. The predicted octanol–water partition coefficient (Wildman–Crippen LogP) is 3.50. The predicted molar refractivity (Wildman–Crippen MR) is 123 cm³/mol. The number of ether oxygens (including phenoxy) is 2. The number of fused-ring (bicyclic) bond motifs is 3. The molecule has 2 aromatic rings. The van der Waals surface area contributed by atoms with Crippen LogP contribution in [0, 0.1) is 11.3 Å². The highest BCUT2D eigenvalue weighted by Crippen LogP contribution is 2.56. The zero-order chi connectivity index (χ0) is 23.4. The summed E-state index contributed by atoms with van der Waals surface area (Å²) in [6.07, 6.45) is 0.685. The number of para-hydroxylation sites is 1. The highest BCUT2D eigenvalue weighted by molar-refractivity contribution is 8.02. The highest BCUT2D eigenvalue weighted by Gasteiger charge is 2.58. The lowest BCUT2D eigenvalue weighted by molar-refractivity contribution is -0.150. The number of carbonyl (C=O) groups is 3. The Balaban J connectivity index is 1.48. The number of thioether (sulfide) groups is 1. The Morgan fingerprint density at radius 1 is 1.21 bits per heavy atom. The molecule has 2 amide bonds. The van der Waals surface area contributed by atoms with E-state index in [0.29, 0.717) is 30.2 Å². The van der Waals surface area contributed by atoms with Crippen molar-refractivity contribution in [3.05, 3.63) is 48.5 Å². The Kier molecular flexibility index (Phi) is 6.56.